The highest BCUT2D eigenvalue weighted by atomic mass is 35.5. The Bertz CT molecular complexity index is 584. The first-order chi connectivity index (χ1) is 9.37. The molecule has 1 heterocycles. The molecule has 1 aromatic rings. The molecule has 0 radical (unpaired) electrons. The van der Waals surface area contributed by atoms with E-state index in [2.05, 4.69) is 10.0 Å². The second kappa shape index (κ2) is 7.74. The Labute approximate surface area is 135 Å². The van der Waals surface area contributed by atoms with Crippen molar-refractivity contribution in [3.05, 3.63) is 34.6 Å². The van der Waals surface area contributed by atoms with Gasteiger partial charge in [0.1, 0.15) is 5.82 Å². The van der Waals surface area contributed by atoms with Crippen molar-refractivity contribution in [1.29, 1.82) is 0 Å². The van der Waals surface area contributed by atoms with Gasteiger partial charge < -0.3 is 5.32 Å². The van der Waals surface area contributed by atoms with E-state index in [9.17, 15) is 12.8 Å². The first-order valence-corrected chi connectivity index (χ1v) is 8.55. The van der Waals surface area contributed by atoms with Gasteiger partial charge >= 0.3 is 0 Å². The minimum atomic E-state index is -3.46. The highest BCUT2D eigenvalue weighted by Crippen LogP contribution is 2.18. The zero-order chi connectivity index (χ0) is 14.8. The third-order valence-corrected chi connectivity index (χ3v) is 5.12. The monoisotopic (exact) mass is 356 g/mol. The lowest BCUT2D eigenvalue weighted by Gasteiger charge is -2.29. The fraction of sp³-hybridized carbons (Fsp3) is 0.538. The number of rotatable bonds is 4. The largest absolute Gasteiger partial charge is 0.316 e. The fourth-order valence-corrected chi connectivity index (χ4v) is 4.03. The molecule has 1 aromatic carbocycles. The lowest BCUT2D eigenvalue weighted by Crippen LogP contribution is -2.48. The summed E-state index contributed by atoms with van der Waals surface area (Å²) >= 11 is 5.66. The van der Waals surface area contributed by atoms with E-state index in [4.69, 9.17) is 11.6 Å². The van der Waals surface area contributed by atoms with Crippen LogP contribution in [0.4, 0.5) is 4.39 Å². The summed E-state index contributed by atoms with van der Waals surface area (Å²) in [5.74, 6) is -0.494. The molecule has 21 heavy (non-hydrogen) atoms. The van der Waals surface area contributed by atoms with Gasteiger partial charge in [-0.2, -0.15) is 0 Å². The molecule has 1 fully saturated rings. The number of halogens is 3. The Morgan fingerprint density at radius 1 is 1.48 bits per heavy atom. The Morgan fingerprint density at radius 3 is 2.81 bits per heavy atom. The van der Waals surface area contributed by atoms with Gasteiger partial charge in [0, 0.05) is 6.04 Å². The van der Waals surface area contributed by atoms with Gasteiger partial charge in [0.25, 0.3) is 0 Å². The molecule has 8 heteroatoms. The summed E-state index contributed by atoms with van der Waals surface area (Å²) in [5.41, 5.74) is 0.477. The fourth-order valence-electron chi connectivity index (χ4n) is 2.31. The van der Waals surface area contributed by atoms with Crippen LogP contribution in [0, 0.1) is 11.7 Å². The van der Waals surface area contributed by atoms with Crippen LogP contribution in [0.1, 0.15) is 18.9 Å². The lowest BCUT2D eigenvalue weighted by atomic mass is 9.97. The molecule has 0 amide bonds. The van der Waals surface area contributed by atoms with E-state index < -0.39 is 15.8 Å². The Hall–Kier alpha value is -0.400. The summed E-state index contributed by atoms with van der Waals surface area (Å²) < 4.78 is 40.1. The summed E-state index contributed by atoms with van der Waals surface area (Å²) in [6, 6.07) is 3.91. The molecule has 0 spiro atoms. The van der Waals surface area contributed by atoms with Crippen LogP contribution in [-0.2, 0) is 15.8 Å². The van der Waals surface area contributed by atoms with Crippen LogP contribution in [-0.4, -0.2) is 27.5 Å². The smallest absolute Gasteiger partial charge is 0.216 e. The van der Waals surface area contributed by atoms with Crippen molar-refractivity contribution >= 4 is 34.0 Å². The Balaban J connectivity index is 0.00000220. The van der Waals surface area contributed by atoms with Crippen LogP contribution in [0.15, 0.2) is 18.2 Å². The Kier molecular flexibility index (Phi) is 6.87. The summed E-state index contributed by atoms with van der Waals surface area (Å²) in [6.07, 6.45) is 0.768. The summed E-state index contributed by atoms with van der Waals surface area (Å²) in [6.45, 7) is 3.61. The molecule has 2 N–H and O–H groups in total. The number of piperidine rings is 1. The highest BCUT2D eigenvalue weighted by Gasteiger charge is 2.25. The van der Waals surface area contributed by atoms with E-state index in [1.54, 1.807) is 0 Å². The van der Waals surface area contributed by atoms with Gasteiger partial charge in [-0.3, -0.25) is 0 Å². The molecule has 0 saturated carbocycles. The Morgan fingerprint density at radius 2 is 2.19 bits per heavy atom. The average molecular weight is 357 g/mol. The van der Waals surface area contributed by atoms with Gasteiger partial charge in [0.2, 0.25) is 10.0 Å². The highest BCUT2D eigenvalue weighted by molar-refractivity contribution is 7.88. The standard InChI is InChI=1S/C13H18ClFN2O2S.ClH/c1-9-7-16-5-4-13(9)17-20(18,19)8-10-2-3-12(15)11(14)6-10;/h2-3,6,9,13,16-17H,4-5,7-8H2,1H3;1H. The van der Waals surface area contributed by atoms with E-state index in [1.807, 2.05) is 6.92 Å². The molecule has 4 nitrogen and oxygen atoms in total. The van der Waals surface area contributed by atoms with E-state index in [1.165, 1.54) is 18.2 Å². The predicted octanol–water partition coefficient (Wildman–Crippen LogP) is 2.32. The van der Waals surface area contributed by atoms with Crippen LogP contribution in [0.2, 0.25) is 5.02 Å². The van der Waals surface area contributed by atoms with Crippen LogP contribution in [0.5, 0.6) is 0 Å². The SMILES string of the molecule is CC1CNCCC1NS(=O)(=O)Cc1ccc(F)c(Cl)c1.Cl. The van der Waals surface area contributed by atoms with Crippen molar-refractivity contribution in [1.82, 2.24) is 10.0 Å². The maximum atomic E-state index is 13.1. The quantitative estimate of drug-likeness (QED) is 0.870. The summed E-state index contributed by atoms with van der Waals surface area (Å²) in [5, 5.41) is 3.16. The summed E-state index contributed by atoms with van der Waals surface area (Å²) in [4.78, 5) is 0. The van der Waals surface area contributed by atoms with Gasteiger partial charge in [-0.15, -0.1) is 12.4 Å². The van der Waals surface area contributed by atoms with Gasteiger partial charge in [0.05, 0.1) is 10.8 Å². The van der Waals surface area contributed by atoms with Crippen LogP contribution >= 0.6 is 24.0 Å². The molecule has 2 atom stereocenters. The number of nitrogens with one attached hydrogen (secondary N) is 2. The second-order valence-corrected chi connectivity index (χ2v) is 7.36. The zero-order valence-corrected chi connectivity index (χ0v) is 14.0. The average Bonchev–Trinajstić information content (AvgIpc) is 2.36. The molecule has 0 aromatic heterocycles. The van der Waals surface area contributed by atoms with Gasteiger partial charge in [-0.25, -0.2) is 17.5 Å². The predicted molar refractivity (Wildman–Crippen MR) is 84.9 cm³/mol. The molecular formula is C13H19Cl2FN2O2S. The topological polar surface area (TPSA) is 58.2 Å². The van der Waals surface area contributed by atoms with E-state index >= 15 is 0 Å². The molecule has 1 saturated heterocycles. The molecule has 2 rings (SSSR count). The van der Waals surface area contributed by atoms with Gasteiger partial charge in [-0.1, -0.05) is 24.6 Å². The van der Waals surface area contributed by atoms with Crippen LogP contribution < -0.4 is 10.0 Å². The van der Waals surface area contributed by atoms with E-state index in [0.717, 1.165) is 19.5 Å². The van der Waals surface area contributed by atoms with Crippen molar-refractivity contribution in [2.75, 3.05) is 13.1 Å². The van der Waals surface area contributed by atoms with E-state index in [-0.39, 0.29) is 35.1 Å². The van der Waals surface area contributed by atoms with Gasteiger partial charge in [0.15, 0.2) is 0 Å². The zero-order valence-electron chi connectivity index (χ0n) is 11.6. The van der Waals surface area contributed by atoms with Crippen molar-refractivity contribution in [2.24, 2.45) is 5.92 Å². The van der Waals surface area contributed by atoms with Crippen LogP contribution in [0.25, 0.3) is 0 Å². The third kappa shape index (κ3) is 5.38. The summed E-state index contributed by atoms with van der Waals surface area (Å²) in [7, 11) is -3.46. The first kappa shape index (κ1) is 18.6. The van der Waals surface area contributed by atoms with Crippen molar-refractivity contribution in [3.63, 3.8) is 0 Å². The molecular weight excluding hydrogens is 338 g/mol. The van der Waals surface area contributed by atoms with Gasteiger partial charge in [-0.05, 0) is 43.1 Å². The first-order valence-electron chi connectivity index (χ1n) is 6.52. The number of hydrogen-bond acceptors (Lipinski definition) is 3. The van der Waals surface area contributed by atoms with Crippen molar-refractivity contribution in [3.8, 4) is 0 Å². The number of benzene rings is 1. The molecule has 1 aliphatic rings. The maximum absolute atomic E-state index is 13.1. The van der Waals surface area contributed by atoms with E-state index in [0.29, 0.717) is 5.56 Å². The van der Waals surface area contributed by atoms with Crippen LogP contribution in [0.3, 0.4) is 0 Å². The number of sulfonamides is 1. The molecule has 0 bridgehead atoms. The van der Waals surface area contributed by atoms with Crippen molar-refractivity contribution < 1.29 is 12.8 Å². The minimum absolute atomic E-state index is 0. The maximum Gasteiger partial charge on any atom is 0.216 e. The van der Waals surface area contributed by atoms with Crippen molar-refractivity contribution in [2.45, 2.75) is 25.1 Å². The molecule has 0 aliphatic carbocycles. The third-order valence-electron chi connectivity index (χ3n) is 3.46. The molecule has 120 valence electrons. The number of hydrogen-bond donors (Lipinski definition) is 2. The molecule has 2 unspecified atom stereocenters. The minimum Gasteiger partial charge on any atom is -0.316 e. The molecule has 1 aliphatic heterocycles. The normalized spacial score (nSPS) is 22.6. The second-order valence-electron chi connectivity index (χ2n) is 5.20. The lowest BCUT2D eigenvalue weighted by molar-refractivity contribution is 0.328.